The fourth-order valence-corrected chi connectivity index (χ4v) is 3.32. The van der Waals surface area contributed by atoms with Crippen LogP contribution in [0.2, 0.25) is 5.02 Å². The van der Waals surface area contributed by atoms with E-state index in [-0.39, 0.29) is 5.91 Å². The number of hydrogen-bond acceptors (Lipinski definition) is 3. The van der Waals surface area contributed by atoms with Gasteiger partial charge < -0.3 is 10.2 Å². The van der Waals surface area contributed by atoms with Gasteiger partial charge in [0, 0.05) is 34.2 Å². The molecule has 3 nitrogen and oxygen atoms in total. The third-order valence-electron chi connectivity index (χ3n) is 2.75. The molecule has 0 aliphatic heterocycles. The average Bonchev–Trinajstić information content (AvgIpc) is 2.81. The predicted molar refractivity (Wildman–Crippen MR) is 88.8 cm³/mol. The van der Waals surface area contributed by atoms with Gasteiger partial charge in [0.1, 0.15) is 0 Å². The summed E-state index contributed by atoms with van der Waals surface area (Å²) in [5.74, 6) is -0.0468. The molecule has 1 amide bonds. The summed E-state index contributed by atoms with van der Waals surface area (Å²) in [6.07, 6.45) is 0. The van der Waals surface area contributed by atoms with Crippen molar-refractivity contribution in [2.45, 2.75) is 6.54 Å². The van der Waals surface area contributed by atoms with Crippen LogP contribution < -0.4 is 5.32 Å². The van der Waals surface area contributed by atoms with Crippen LogP contribution in [0.4, 0.5) is 5.69 Å². The average molecular weight is 374 g/mol. The van der Waals surface area contributed by atoms with E-state index in [9.17, 15) is 4.79 Å². The minimum absolute atomic E-state index is 0.0468. The molecule has 0 aliphatic rings. The number of halogens is 2. The van der Waals surface area contributed by atoms with Crippen molar-refractivity contribution >= 4 is 50.5 Å². The van der Waals surface area contributed by atoms with Gasteiger partial charge in [-0.25, -0.2) is 0 Å². The number of amides is 1. The van der Waals surface area contributed by atoms with Gasteiger partial charge in [-0.15, -0.1) is 11.3 Å². The zero-order valence-corrected chi connectivity index (χ0v) is 14.3. The van der Waals surface area contributed by atoms with Crippen molar-refractivity contribution in [1.82, 2.24) is 4.90 Å². The van der Waals surface area contributed by atoms with Crippen LogP contribution in [0.15, 0.2) is 34.1 Å². The number of hydrogen-bond donors (Lipinski definition) is 1. The number of carbonyl (C=O) groups excluding carboxylic acids is 1. The van der Waals surface area contributed by atoms with Crippen molar-refractivity contribution in [3.63, 3.8) is 0 Å². The van der Waals surface area contributed by atoms with Crippen molar-refractivity contribution in [3.05, 3.63) is 49.6 Å². The largest absolute Gasteiger partial charge is 0.379 e. The lowest BCUT2D eigenvalue weighted by Gasteiger charge is -2.15. The van der Waals surface area contributed by atoms with Gasteiger partial charge in [-0.2, -0.15) is 0 Å². The van der Waals surface area contributed by atoms with Crippen molar-refractivity contribution < 1.29 is 4.79 Å². The highest BCUT2D eigenvalue weighted by atomic mass is 79.9. The quantitative estimate of drug-likeness (QED) is 0.857. The Balaban J connectivity index is 2.24. The second-order valence-electron chi connectivity index (χ2n) is 4.43. The molecule has 6 heteroatoms. The minimum atomic E-state index is -0.0468. The lowest BCUT2D eigenvalue weighted by molar-refractivity contribution is 0.0828. The fraction of sp³-hybridized carbons (Fsp3) is 0.214. The number of anilines is 1. The number of nitrogens with zero attached hydrogens (tertiary/aromatic N) is 1. The van der Waals surface area contributed by atoms with Crippen molar-refractivity contribution in [1.29, 1.82) is 0 Å². The zero-order valence-electron chi connectivity index (χ0n) is 11.1. The Kier molecular flexibility index (Phi) is 5.07. The molecule has 0 atom stereocenters. The van der Waals surface area contributed by atoms with Gasteiger partial charge in [0.25, 0.3) is 5.91 Å². The third-order valence-corrected chi connectivity index (χ3v) is 4.91. The Morgan fingerprint density at radius 3 is 2.75 bits per heavy atom. The van der Waals surface area contributed by atoms with E-state index in [1.165, 1.54) is 4.88 Å². The highest BCUT2D eigenvalue weighted by molar-refractivity contribution is 9.10. The van der Waals surface area contributed by atoms with Crippen LogP contribution in [0.25, 0.3) is 0 Å². The van der Waals surface area contributed by atoms with E-state index >= 15 is 0 Å². The van der Waals surface area contributed by atoms with Crippen LogP contribution in [-0.4, -0.2) is 24.9 Å². The summed E-state index contributed by atoms with van der Waals surface area (Å²) in [6, 6.07) is 7.26. The van der Waals surface area contributed by atoms with Crippen LogP contribution in [0, 0.1) is 0 Å². The number of rotatable bonds is 4. The first-order valence-electron chi connectivity index (χ1n) is 5.96. The molecule has 0 fully saturated rings. The smallest absolute Gasteiger partial charge is 0.255 e. The van der Waals surface area contributed by atoms with Gasteiger partial charge in [0.2, 0.25) is 0 Å². The van der Waals surface area contributed by atoms with E-state index in [4.69, 9.17) is 11.6 Å². The Bertz CT molecular complexity index is 627. The predicted octanol–water partition coefficient (Wildman–Crippen LogP) is 4.48. The number of benzene rings is 1. The van der Waals surface area contributed by atoms with Crippen LogP contribution in [0.3, 0.4) is 0 Å². The van der Waals surface area contributed by atoms with E-state index in [0.29, 0.717) is 17.1 Å². The topological polar surface area (TPSA) is 32.3 Å². The van der Waals surface area contributed by atoms with Crippen molar-refractivity contribution in [3.8, 4) is 0 Å². The molecule has 0 saturated carbocycles. The van der Waals surface area contributed by atoms with Crippen LogP contribution >= 0.6 is 38.9 Å². The molecule has 0 radical (unpaired) electrons. The number of carbonyl (C=O) groups is 1. The number of nitrogens with one attached hydrogen (secondary N) is 1. The maximum absolute atomic E-state index is 12.1. The summed E-state index contributed by atoms with van der Waals surface area (Å²) in [7, 11) is 3.47. The first-order chi connectivity index (χ1) is 9.49. The first kappa shape index (κ1) is 15.4. The van der Waals surface area contributed by atoms with E-state index in [2.05, 4.69) is 21.2 Å². The van der Waals surface area contributed by atoms with Gasteiger partial charge in [-0.05, 0) is 45.6 Å². The first-order valence-corrected chi connectivity index (χ1v) is 8.01. The Hall–Kier alpha value is -1.04. The van der Waals surface area contributed by atoms with E-state index in [0.717, 1.165) is 10.2 Å². The second-order valence-corrected chi connectivity index (χ2v) is 6.73. The summed E-state index contributed by atoms with van der Waals surface area (Å²) in [6.45, 7) is 0.645. The lowest BCUT2D eigenvalue weighted by Crippen LogP contribution is -2.22. The molecule has 106 valence electrons. The molecule has 20 heavy (non-hydrogen) atoms. The maximum Gasteiger partial charge on any atom is 0.255 e. The SMILES string of the molecule is CN(C)C(=O)c1ccc(Cl)cc1NCc1sccc1Br. The van der Waals surface area contributed by atoms with Crippen molar-refractivity contribution in [2.75, 3.05) is 19.4 Å². The molecule has 0 unspecified atom stereocenters. The zero-order chi connectivity index (χ0) is 14.7. The van der Waals surface area contributed by atoms with Crippen LogP contribution in [0.5, 0.6) is 0 Å². The second kappa shape index (κ2) is 6.61. The summed E-state index contributed by atoms with van der Waals surface area (Å²) in [5, 5.41) is 5.91. The third kappa shape index (κ3) is 3.53. The molecular formula is C14H14BrClN2OS. The molecule has 1 N–H and O–H groups in total. The summed E-state index contributed by atoms with van der Waals surface area (Å²) >= 11 is 11.2. The van der Waals surface area contributed by atoms with Crippen molar-refractivity contribution in [2.24, 2.45) is 0 Å². The normalized spacial score (nSPS) is 10.4. The molecular weight excluding hydrogens is 360 g/mol. The van der Waals surface area contributed by atoms with Crippen LogP contribution in [0.1, 0.15) is 15.2 Å². The van der Waals surface area contributed by atoms with Gasteiger partial charge in [-0.1, -0.05) is 11.6 Å². The molecule has 1 heterocycles. The molecule has 2 aromatic rings. The van der Waals surface area contributed by atoms with Gasteiger partial charge in [-0.3, -0.25) is 4.79 Å². The van der Waals surface area contributed by atoms with E-state index in [1.54, 1.807) is 48.5 Å². The monoisotopic (exact) mass is 372 g/mol. The van der Waals surface area contributed by atoms with Gasteiger partial charge >= 0.3 is 0 Å². The highest BCUT2D eigenvalue weighted by Crippen LogP contribution is 2.26. The molecule has 2 rings (SSSR count). The maximum atomic E-state index is 12.1. The lowest BCUT2D eigenvalue weighted by atomic mass is 10.1. The number of thiophene rings is 1. The van der Waals surface area contributed by atoms with Gasteiger partial charge in [0.15, 0.2) is 0 Å². The van der Waals surface area contributed by atoms with Crippen LogP contribution in [-0.2, 0) is 6.54 Å². The minimum Gasteiger partial charge on any atom is -0.379 e. The van der Waals surface area contributed by atoms with E-state index < -0.39 is 0 Å². The summed E-state index contributed by atoms with van der Waals surface area (Å²) < 4.78 is 1.07. The molecule has 0 bridgehead atoms. The molecule has 1 aromatic carbocycles. The molecule has 0 spiro atoms. The Morgan fingerprint density at radius 2 is 2.15 bits per heavy atom. The van der Waals surface area contributed by atoms with Gasteiger partial charge in [0.05, 0.1) is 12.1 Å². The Morgan fingerprint density at radius 1 is 1.40 bits per heavy atom. The summed E-state index contributed by atoms with van der Waals surface area (Å²) in [5.41, 5.74) is 1.36. The highest BCUT2D eigenvalue weighted by Gasteiger charge is 2.14. The molecule has 1 aromatic heterocycles. The fourth-order valence-electron chi connectivity index (χ4n) is 1.72. The summed E-state index contributed by atoms with van der Waals surface area (Å²) in [4.78, 5) is 14.9. The molecule has 0 saturated heterocycles. The Labute approximate surface area is 135 Å². The molecule has 0 aliphatic carbocycles. The standard InChI is InChI=1S/C14H14BrClN2OS/c1-18(2)14(19)10-4-3-9(16)7-12(10)17-8-13-11(15)5-6-20-13/h3-7,17H,8H2,1-2H3. The van der Waals surface area contributed by atoms with E-state index in [1.807, 2.05) is 11.4 Å².